The second kappa shape index (κ2) is 6.00. The molecule has 1 heterocycles. The maximum absolute atomic E-state index is 11.5. The third-order valence-corrected chi connectivity index (χ3v) is 5.10. The van der Waals surface area contributed by atoms with Gasteiger partial charge in [0.05, 0.1) is 17.2 Å². The lowest BCUT2D eigenvalue weighted by atomic mass is 10.1. The SMILES string of the molecule is Cc1nc2c(O[C@@H]3c4ccc(Cl)cc4C[C@H]3O)cc(C(=O)O)cc2n1C. The molecule has 0 saturated carbocycles. The topological polar surface area (TPSA) is 84.6 Å². The number of carboxylic acid groups (broad SMARTS) is 1. The molecule has 4 rings (SSSR count). The summed E-state index contributed by atoms with van der Waals surface area (Å²) in [7, 11) is 1.82. The minimum atomic E-state index is -1.05. The third kappa shape index (κ3) is 2.62. The van der Waals surface area contributed by atoms with Gasteiger partial charge in [-0.25, -0.2) is 9.78 Å². The number of aliphatic hydroxyl groups is 1. The number of nitrogens with zero attached hydrogens (tertiary/aromatic N) is 2. The maximum atomic E-state index is 11.5. The minimum absolute atomic E-state index is 0.110. The lowest BCUT2D eigenvalue weighted by Crippen LogP contribution is -2.19. The molecule has 2 atom stereocenters. The van der Waals surface area contributed by atoms with Crippen LogP contribution >= 0.6 is 11.6 Å². The average molecular weight is 373 g/mol. The molecule has 1 aliphatic rings. The summed E-state index contributed by atoms with van der Waals surface area (Å²) < 4.78 is 7.91. The van der Waals surface area contributed by atoms with E-state index >= 15 is 0 Å². The Morgan fingerprint density at radius 1 is 1.35 bits per heavy atom. The monoisotopic (exact) mass is 372 g/mol. The largest absolute Gasteiger partial charge is 0.481 e. The zero-order chi connectivity index (χ0) is 18.6. The summed E-state index contributed by atoms with van der Waals surface area (Å²) in [5, 5.41) is 20.5. The molecule has 6 nitrogen and oxygen atoms in total. The molecule has 7 heteroatoms. The Morgan fingerprint density at radius 3 is 2.85 bits per heavy atom. The number of ether oxygens (including phenoxy) is 1. The van der Waals surface area contributed by atoms with E-state index in [1.807, 2.05) is 30.7 Å². The molecule has 134 valence electrons. The molecule has 0 fully saturated rings. The molecule has 0 amide bonds. The van der Waals surface area contributed by atoms with E-state index in [0.29, 0.717) is 28.2 Å². The summed E-state index contributed by atoms with van der Waals surface area (Å²) in [4.78, 5) is 16.0. The Balaban J connectivity index is 1.83. The number of rotatable bonds is 3. The van der Waals surface area contributed by atoms with Crippen molar-refractivity contribution in [3.05, 3.63) is 57.9 Å². The Morgan fingerprint density at radius 2 is 2.12 bits per heavy atom. The first-order valence-electron chi connectivity index (χ1n) is 8.18. The molecule has 0 bridgehead atoms. The molecule has 3 aromatic rings. The molecule has 0 unspecified atom stereocenters. The van der Waals surface area contributed by atoms with E-state index in [4.69, 9.17) is 16.3 Å². The summed E-state index contributed by atoms with van der Waals surface area (Å²) in [6.45, 7) is 1.84. The summed E-state index contributed by atoms with van der Waals surface area (Å²) in [5.74, 6) is 0.0387. The molecule has 0 spiro atoms. The van der Waals surface area contributed by atoms with E-state index in [9.17, 15) is 15.0 Å². The van der Waals surface area contributed by atoms with Gasteiger partial charge in [0.25, 0.3) is 0 Å². The highest BCUT2D eigenvalue weighted by Gasteiger charge is 2.34. The number of aromatic nitrogens is 2. The van der Waals surface area contributed by atoms with Crippen molar-refractivity contribution in [2.24, 2.45) is 7.05 Å². The molecule has 26 heavy (non-hydrogen) atoms. The maximum Gasteiger partial charge on any atom is 0.335 e. The van der Waals surface area contributed by atoms with Gasteiger partial charge in [-0.3, -0.25) is 0 Å². The zero-order valence-corrected chi connectivity index (χ0v) is 15.0. The minimum Gasteiger partial charge on any atom is -0.481 e. The molecule has 1 aliphatic carbocycles. The molecule has 0 radical (unpaired) electrons. The second-order valence-corrected chi connectivity index (χ2v) is 6.95. The number of hydrogen-bond acceptors (Lipinski definition) is 4. The molecule has 1 aromatic heterocycles. The number of hydrogen-bond donors (Lipinski definition) is 2. The van der Waals surface area contributed by atoms with Gasteiger partial charge < -0.3 is 19.5 Å². The van der Waals surface area contributed by atoms with Crippen molar-refractivity contribution in [1.82, 2.24) is 9.55 Å². The van der Waals surface area contributed by atoms with Gasteiger partial charge >= 0.3 is 5.97 Å². The van der Waals surface area contributed by atoms with Crippen molar-refractivity contribution in [3.8, 4) is 5.75 Å². The predicted molar refractivity (Wildman–Crippen MR) is 96.9 cm³/mol. The Kier molecular flexibility index (Phi) is 3.89. The van der Waals surface area contributed by atoms with Gasteiger partial charge in [-0.15, -0.1) is 0 Å². The highest BCUT2D eigenvalue weighted by molar-refractivity contribution is 6.30. The van der Waals surface area contributed by atoms with Gasteiger partial charge in [-0.1, -0.05) is 17.7 Å². The van der Waals surface area contributed by atoms with E-state index in [-0.39, 0.29) is 5.56 Å². The Hall–Kier alpha value is -2.57. The predicted octanol–water partition coefficient (Wildman–Crippen LogP) is 3.27. The van der Waals surface area contributed by atoms with E-state index < -0.39 is 18.2 Å². The van der Waals surface area contributed by atoms with Gasteiger partial charge in [0, 0.05) is 18.5 Å². The number of imidazole rings is 1. The Bertz CT molecular complexity index is 1040. The lowest BCUT2D eigenvalue weighted by Gasteiger charge is -2.19. The second-order valence-electron chi connectivity index (χ2n) is 6.52. The fraction of sp³-hybridized carbons (Fsp3) is 0.263. The summed E-state index contributed by atoms with van der Waals surface area (Å²) in [5.41, 5.74) is 3.13. The first kappa shape index (κ1) is 16.9. The number of benzene rings is 2. The quantitative estimate of drug-likeness (QED) is 0.737. The van der Waals surface area contributed by atoms with Gasteiger partial charge in [-0.2, -0.15) is 0 Å². The number of carbonyl (C=O) groups is 1. The first-order chi connectivity index (χ1) is 12.3. The van der Waals surface area contributed by atoms with Crippen LogP contribution in [0.5, 0.6) is 5.75 Å². The van der Waals surface area contributed by atoms with E-state index in [2.05, 4.69) is 4.98 Å². The van der Waals surface area contributed by atoms with Crippen molar-refractivity contribution in [3.63, 3.8) is 0 Å². The molecule has 2 N–H and O–H groups in total. The smallest absolute Gasteiger partial charge is 0.335 e. The van der Waals surface area contributed by atoms with Gasteiger partial charge in [0.15, 0.2) is 6.10 Å². The number of fused-ring (bicyclic) bond motifs is 2. The molecule has 0 saturated heterocycles. The van der Waals surface area contributed by atoms with Gasteiger partial charge in [0.2, 0.25) is 0 Å². The van der Waals surface area contributed by atoms with Crippen molar-refractivity contribution in [1.29, 1.82) is 0 Å². The van der Waals surface area contributed by atoms with Crippen LogP contribution in [0.15, 0.2) is 30.3 Å². The molecular formula is C19H17ClN2O4. The fourth-order valence-electron chi connectivity index (χ4n) is 3.43. The summed E-state index contributed by atoms with van der Waals surface area (Å²) in [6.07, 6.45) is -0.905. The summed E-state index contributed by atoms with van der Waals surface area (Å²) >= 11 is 6.03. The van der Waals surface area contributed by atoms with Gasteiger partial charge in [0.1, 0.15) is 17.1 Å². The van der Waals surface area contributed by atoms with Crippen LogP contribution in [-0.2, 0) is 13.5 Å². The van der Waals surface area contributed by atoms with E-state index in [1.165, 1.54) is 6.07 Å². The van der Waals surface area contributed by atoms with Crippen LogP contribution < -0.4 is 4.74 Å². The molecule has 2 aromatic carbocycles. The van der Waals surface area contributed by atoms with Crippen molar-refractivity contribution >= 4 is 28.6 Å². The van der Waals surface area contributed by atoms with Crippen LogP contribution in [0.3, 0.4) is 0 Å². The standard InChI is InChI=1S/C19H17ClN2O4/c1-9-21-17-14(22(9)2)6-11(19(24)25)8-16(17)26-18-13-4-3-12(20)5-10(13)7-15(18)23/h3-6,8,15,18,23H,7H2,1-2H3,(H,24,25)/t15-,18-/m1/s1. The Labute approximate surface area is 154 Å². The van der Waals surface area contributed by atoms with E-state index in [0.717, 1.165) is 17.0 Å². The van der Waals surface area contributed by atoms with Crippen molar-refractivity contribution in [2.45, 2.75) is 25.6 Å². The van der Waals surface area contributed by atoms with Crippen LogP contribution in [0.1, 0.15) is 33.4 Å². The normalized spacial score (nSPS) is 18.9. The average Bonchev–Trinajstić information content (AvgIpc) is 3.04. The molecule has 0 aliphatic heterocycles. The van der Waals surface area contributed by atoms with Gasteiger partial charge in [-0.05, 0) is 42.3 Å². The van der Waals surface area contributed by atoms with Crippen molar-refractivity contribution < 1.29 is 19.7 Å². The van der Waals surface area contributed by atoms with Crippen LogP contribution in [0.4, 0.5) is 0 Å². The number of aliphatic hydroxyl groups excluding tert-OH is 1. The summed E-state index contributed by atoms with van der Waals surface area (Å²) in [6, 6.07) is 8.43. The zero-order valence-electron chi connectivity index (χ0n) is 14.2. The van der Waals surface area contributed by atoms with Crippen LogP contribution in [-0.4, -0.2) is 31.8 Å². The van der Waals surface area contributed by atoms with Crippen LogP contribution in [0.2, 0.25) is 5.02 Å². The lowest BCUT2D eigenvalue weighted by molar-refractivity contribution is 0.0502. The number of aryl methyl sites for hydroxylation is 2. The fourth-order valence-corrected chi connectivity index (χ4v) is 3.63. The van der Waals surface area contributed by atoms with Crippen LogP contribution in [0.25, 0.3) is 11.0 Å². The highest BCUT2D eigenvalue weighted by atomic mass is 35.5. The number of halogens is 1. The highest BCUT2D eigenvalue weighted by Crippen LogP contribution is 2.39. The first-order valence-corrected chi connectivity index (χ1v) is 8.56. The number of aromatic carboxylic acids is 1. The molecular weight excluding hydrogens is 356 g/mol. The third-order valence-electron chi connectivity index (χ3n) is 4.87. The number of carboxylic acids is 1. The van der Waals surface area contributed by atoms with Crippen LogP contribution in [0, 0.1) is 6.92 Å². The van der Waals surface area contributed by atoms with Crippen molar-refractivity contribution in [2.75, 3.05) is 0 Å². The van der Waals surface area contributed by atoms with E-state index in [1.54, 1.807) is 12.1 Å².